The molecule has 216 valence electrons. The van der Waals surface area contributed by atoms with Gasteiger partial charge in [0.2, 0.25) is 5.91 Å². The van der Waals surface area contributed by atoms with Gasteiger partial charge in [0.25, 0.3) is 0 Å². The molecule has 0 saturated carbocycles. The van der Waals surface area contributed by atoms with Crippen molar-refractivity contribution in [1.29, 1.82) is 0 Å². The Morgan fingerprint density at radius 3 is 2.44 bits per heavy atom. The highest BCUT2D eigenvalue weighted by Gasteiger charge is 2.27. The molecule has 10 nitrogen and oxygen atoms in total. The monoisotopic (exact) mass is 564 g/mol. The van der Waals surface area contributed by atoms with E-state index in [9.17, 15) is 13.6 Å². The number of aryl methyl sites for hydroxylation is 2. The van der Waals surface area contributed by atoms with E-state index in [1.807, 2.05) is 18.5 Å². The third-order valence-corrected chi connectivity index (χ3v) is 8.04. The number of hydrogen-bond acceptors (Lipinski definition) is 8. The van der Waals surface area contributed by atoms with Crippen LogP contribution < -0.4 is 10.6 Å². The number of rotatable bonds is 7. The number of fused-ring (bicyclic) bond motifs is 3. The van der Waals surface area contributed by atoms with Crippen LogP contribution in [-0.2, 0) is 24.8 Å². The summed E-state index contributed by atoms with van der Waals surface area (Å²) in [6, 6.07) is 5.81. The van der Waals surface area contributed by atoms with Crippen molar-refractivity contribution in [3.8, 4) is 0 Å². The summed E-state index contributed by atoms with van der Waals surface area (Å²) in [7, 11) is 1.93. The molecule has 2 N–H and O–H groups in total. The number of carbonyl (C=O) groups is 1. The van der Waals surface area contributed by atoms with E-state index in [0.717, 1.165) is 62.7 Å². The number of piperazine rings is 1. The Kier molecular flexibility index (Phi) is 7.54. The van der Waals surface area contributed by atoms with Crippen LogP contribution in [0.4, 0.5) is 14.6 Å². The molecule has 2 saturated heterocycles. The summed E-state index contributed by atoms with van der Waals surface area (Å²) < 4.78 is 34.4. The van der Waals surface area contributed by atoms with Crippen LogP contribution in [-0.4, -0.2) is 94.3 Å². The van der Waals surface area contributed by atoms with E-state index in [1.54, 1.807) is 12.1 Å². The van der Waals surface area contributed by atoms with Crippen LogP contribution in [0.3, 0.4) is 0 Å². The highest BCUT2D eigenvalue weighted by molar-refractivity contribution is 6.17. The van der Waals surface area contributed by atoms with Gasteiger partial charge in [-0.1, -0.05) is 6.07 Å². The van der Waals surface area contributed by atoms with E-state index < -0.39 is 17.5 Å². The fraction of sp³-hybridized carbons (Fsp3) is 0.448. The zero-order valence-electron chi connectivity index (χ0n) is 23.4. The molecule has 6 rings (SSSR count). The van der Waals surface area contributed by atoms with E-state index in [1.165, 1.54) is 12.1 Å². The molecule has 12 heteroatoms. The van der Waals surface area contributed by atoms with Gasteiger partial charge in [-0.2, -0.15) is 0 Å². The Balaban J connectivity index is 1.32. The maximum atomic E-state index is 13.6. The SMILES string of the molecule is Cc1cc(C(N)=O)c2c3nc(CN4CCOCC4)nc(N4CCN(CCc5ccc(F)c(F)c5)CC4)c3n(C)c2n1. The fourth-order valence-corrected chi connectivity index (χ4v) is 5.82. The number of hydrogen-bond donors (Lipinski definition) is 1. The Morgan fingerprint density at radius 2 is 1.73 bits per heavy atom. The summed E-state index contributed by atoms with van der Waals surface area (Å²) in [5.41, 5.74) is 9.86. The van der Waals surface area contributed by atoms with Crippen LogP contribution in [0.2, 0.25) is 0 Å². The fourth-order valence-electron chi connectivity index (χ4n) is 5.82. The van der Waals surface area contributed by atoms with Crippen molar-refractivity contribution < 1.29 is 18.3 Å². The molecule has 0 radical (unpaired) electrons. The lowest BCUT2D eigenvalue weighted by Gasteiger charge is -2.36. The van der Waals surface area contributed by atoms with E-state index in [2.05, 4.69) is 14.7 Å². The number of pyridine rings is 1. The molecule has 3 aromatic heterocycles. The molecule has 0 bridgehead atoms. The summed E-state index contributed by atoms with van der Waals surface area (Å²) in [5, 5.41) is 0.651. The van der Waals surface area contributed by atoms with Crippen molar-refractivity contribution >= 4 is 33.8 Å². The van der Waals surface area contributed by atoms with Crippen LogP contribution >= 0.6 is 0 Å². The second-order valence-corrected chi connectivity index (χ2v) is 10.8. The number of morpholine rings is 1. The maximum Gasteiger partial charge on any atom is 0.249 e. The summed E-state index contributed by atoms with van der Waals surface area (Å²) >= 11 is 0. The molecule has 4 aromatic rings. The molecule has 1 amide bonds. The van der Waals surface area contributed by atoms with E-state index >= 15 is 0 Å². The van der Waals surface area contributed by atoms with E-state index in [-0.39, 0.29) is 0 Å². The highest BCUT2D eigenvalue weighted by atomic mass is 19.2. The number of ether oxygens (including phenoxy) is 1. The second kappa shape index (κ2) is 11.3. The van der Waals surface area contributed by atoms with Crippen molar-refractivity contribution in [3.63, 3.8) is 0 Å². The van der Waals surface area contributed by atoms with Crippen molar-refractivity contribution in [2.45, 2.75) is 19.9 Å². The number of benzene rings is 1. The molecule has 2 fully saturated rings. The Morgan fingerprint density at radius 1 is 0.976 bits per heavy atom. The van der Waals surface area contributed by atoms with Gasteiger partial charge in [0.05, 0.1) is 30.7 Å². The minimum Gasteiger partial charge on any atom is -0.379 e. The van der Waals surface area contributed by atoms with Crippen LogP contribution in [0.5, 0.6) is 0 Å². The molecular formula is C29H34F2N8O2. The predicted molar refractivity (Wildman–Crippen MR) is 152 cm³/mol. The highest BCUT2D eigenvalue weighted by Crippen LogP contribution is 2.34. The largest absolute Gasteiger partial charge is 0.379 e. The molecule has 0 spiro atoms. The Labute approximate surface area is 236 Å². The lowest BCUT2D eigenvalue weighted by molar-refractivity contribution is 0.0331. The van der Waals surface area contributed by atoms with Crippen LogP contribution in [0.15, 0.2) is 24.3 Å². The third-order valence-electron chi connectivity index (χ3n) is 8.04. The quantitative estimate of drug-likeness (QED) is 0.365. The standard InChI is InChI=1S/C29H34F2N8O2/c1-18-15-20(27(32)40)24-25-26(36(2)28(24)33-18)29(35-23(34-25)17-38-11-13-41-14-12-38)39-9-7-37(8-10-39)6-5-19-3-4-21(30)22(31)16-19/h3-4,15-16H,5-14,17H2,1-2H3,(H2,32,40). The zero-order chi connectivity index (χ0) is 28.7. The average Bonchev–Trinajstić information content (AvgIpc) is 3.24. The first-order valence-electron chi connectivity index (χ1n) is 14.0. The molecule has 0 atom stereocenters. The number of primary amides is 1. The molecule has 2 aliphatic rings. The first kappa shape index (κ1) is 27.4. The maximum absolute atomic E-state index is 13.6. The number of amides is 1. The number of aromatic nitrogens is 4. The third kappa shape index (κ3) is 5.46. The lowest BCUT2D eigenvalue weighted by atomic mass is 10.1. The number of carbonyl (C=O) groups excluding carboxylic acids is 1. The topological polar surface area (TPSA) is 106 Å². The molecule has 0 unspecified atom stereocenters. The van der Waals surface area contributed by atoms with Gasteiger partial charge in [-0.15, -0.1) is 0 Å². The molecular weight excluding hydrogens is 530 g/mol. The predicted octanol–water partition coefficient (Wildman–Crippen LogP) is 2.40. The van der Waals surface area contributed by atoms with Gasteiger partial charge in [-0.25, -0.2) is 23.7 Å². The van der Waals surface area contributed by atoms with E-state index in [4.69, 9.17) is 25.4 Å². The number of halogens is 2. The van der Waals surface area contributed by atoms with E-state index in [0.29, 0.717) is 59.8 Å². The van der Waals surface area contributed by atoms with Gasteiger partial charge in [-0.05, 0) is 37.1 Å². The van der Waals surface area contributed by atoms with Gasteiger partial charge in [0.1, 0.15) is 22.5 Å². The summed E-state index contributed by atoms with van der Waals surface area (Å²) in [5.74, 6) is -0.663. The van der Waals surface area contributed by atoms with Crippen LogP contribution in [0, 0.1) is 18.6 Å². The molecule has 5 heterocycles. The molecule has 41 heavy (non-hydrogen) atoms. The second-order valence-electron chi connectivity index (χ2n) is 10.8. The van der Waals surface area contributed by atoms with Crippen molar-refractivity contribution in [2.75, 3.05) is 63.9 Å². The van der Waals surface area contributed by atoms with Gasteiger partial charge >= 0.3 is 0 Å². The number of anilines is 1. The van der Waals surface area contributed by atoms with Crippen molar-refractivity contribution in [3.05, 3.63) is 58.5 Å². The first-order valence-corrected chi connectivity index (χ1v) is 14.0. The normalized spacial score (nSPS) is 17.1. The van der Waals surface area contributed by atoms with Crippen molar-refractivity contribution in [2.24, 2.45) is 12.8 Å². The summed E-state index contributed by atoms with van der Waals surface area (Å²) in [6.07, 6.45) is 0.642. The van der Waals surface area contributed by atoms with Crippen LogP contribution in [0.1, 0.15) is 27.4 Å². The Bertz CT molecular complexity index is 1610. The van der Waals surface area contributed by atoms with Gasteiger partial charge in [0.15, 0.2) is 17.5 Å². The first-order chi connectivity index (χ1) is 19.8. The Hall–Kier alpha value is -3.74. The lowest BCUT2D eigenvalue weighted by Crippen LogP contribution is -2.47. The van der Waals surface area contributed by atoms with Gasteiger partial charge in [0, 0.05) is 58.6 Å². The molecule has 1 aromatic carbocycles. The zero-order valence-corrected chi connectivity index (χ0v) is 23.4. The van der Waals surface area contributed by atoms with Gasteiger partial charge in [-0.3, -0.25) is 14.6 Å². The van der Waals surface area contributed by atoms with Crippen LogP contribution in [0.25, 0.3) is 22.1 Å². The minimum atomic E-state index is -0.826. The summed E-state index contributed by atoms with van der Waals surface area (Å²) in [4.78, 5) is 34.2. The molecule has 2 aliphatic heterocycles. The number of nitrogens with two attached hydrogens (primary N) is 1. The van der Waals surface area contributed by atoms with Gasteiger partial charge < -0.3 is 19.9 Å². The minimum absolute atomic E-state index is 0.405. The number of nitrogens with zero attached hydrogens (tertiary/aromatic N) is 7. The smallest absolute Gasteiger partial charge is 0.249 e. The van der Waals surface area contributed by atoms with Crippen molar-refractivity contribution in [1.82, 2.24) is 29.3 Å². The average molecular weight is 565 g/mol. The molecule has 0 aliphatic carbocycles. The summed E-state index contributed by atoms with van der Waals surface area (Å²) in [6.45, 7) is 9.17.